The number of hydrogen-bond acceptors (Lipinski definition) is 5. The molecular formula is C32H38N4O3S. The molecule has 2 heterocycles. The molecule has 0 aliphatic carbocycles. The molecule has 5 rings (SSSR count). The number of anilines is 3. The maximum atomic E-state index is 13.4. The van der Waals surface area contributed by atoms with Crippen LogP contribution < -0.4 is 20.9 Å². The number of nitrogens with zero attached hydrogens (tertiary/aromatic N) is 1. The number of rotatable bonds is 9. The van der Waals surface area contributed by atoms with Crippen molar-refractivity contribution in [3.05, 3.63) is 83.9 Å². The van der Waals surface area contributed by atoms with Crippen LogP contribution in [0.2, 0.25) is 0 Å². The van der Waals surface area contributed by atoms with Crippen LogP contribution in [0.25, 0.3) is 0 Å². The maximum absolute atomic E-state index is 13.4. The molecule has 3 N–H and O–H groups in total. The van der Waals surface area contributed by atoms with Crippen molar-refractivity contribution in [1.82, 2.24) is 5.32 Å². The topological polar surface area (TPSA) is 82.7 Å². The lowest BCUT2D eigenvalue weighted by molar-refractivity contribution is 0.0858. The molecule has 8 heteroatoms. The Morgan fingerprint density at radius 3 is 2.35 bits per heavy atom. The van der Waals surface area contributed by atoms with E-state index in [0.717, 1.165) is 62.4 Å². The summed E-state index contributed by atoms with van der Waals surface area (Å²) in [6, 6.07) is 23.6. The zero-order valence-corrected chi connectivity index (χ0v) is 23.8. The third-order valence-corrected chi connectivity index (χ3v) is 8.43. The molecule has 3 aromatic rings. The fraction of sp³-hybridized carbons (Fsp3) is 0.375. The van der Waals surface area contributed by atoms with Gasteiger partial charge in [-0.3, -0.25) is 4.79 Å². The molecule has 2 saturated heterocycles. The van der Waals surface area contributed by atoms with Crippen LogP contribution >= 0.6 is 11.8 Å². The average molecular weight is 559 g/mol. The summed E-state index contributed by atoms with van der Waals surface area (Å²) in [6.07, 6.45) is 7.29. The highest BCUT2D eigenvalue weighted by Gasteiger charge is 2.25. The summed E-state index contributed by atoms with van der Waals surface area (Å²) >= 11 is 1.65. The zero-order chi connectivity index (χ0) is 27.7. The van der Waals surface area contributed by atoms with Crippen molar-refractivity contribution in [3.63, 3.8) is 0 Å². The SMILES string of the molecule is CSc1ccc(NC(=O)Nc2ccc(N3CCC(Cc4ccccc4)CC3)c(C(=O)NC[C@H]3CCCO3)c2)cc1. The Hall–Kier alpha value is -3.49. The molecule has 210 valence electrons. The van der Waals surface area contributed by atoms with Crippen molar-refractivity contribution >= 4 is 40.8 Å². The number of amides is 3. The van der Waals surface area contributed by atoms with E-state index >= 15 is 0 Å². The van der Waals surface area contributed by atoms with Gasteiger partial charge in [-0.2, -0.15) is 0 Å². The summed E-state index contributed by atoms with van der Waals surface area (Å²) in [5.41, 5.74) is 4.13. The smallest absolute Gasteiger partial charge is 0.323 e. The minimum Gasteiger partial charge on any atom is -0.376 e. The molecule has 2 fully saturated rings. The molecule has 0 saturated carbocycles. The second-order valence-corrected chi connectivity index (χ2v) is 11.4. The second-order valence-electron chi connectivity index (χ2n) is 10.5. The lowest BCUT2D eigenvalue weighted by Crippen LogP contribution is -2.37. The van der Waals surface area contributed by atoms with Crippen molar-refractivity contribution in [1.29, 1.82) is 0 Å². The summed E-state index contributed by atoms with van der Waals surface area (Å²) in [6.45, 7) is 3.02. The fourth-order valence-corrected chi connectivity index (χ4v) is 5.88. The zero-order valence-electron chi connectivity index (χ0n) is 23.0. The van der Waals surface area contributed by atoms with E-state index in [1.807, 2.05) is 42.7 Å². The van der Waals surface area contributed by atoms with Gasteiger partial charge in [0.25, 0.3) is 5.91 Å². The molecule has 3 aromatic carbocycles. The minimum atomic E-state index is -0.350. The van der Waals surface area contributed by atoms with Crippen LogP contribution in [0.1, 0.15) is 41.6 Å². The van der Waals surface area contributed by atoms with Gasteiger partial charge in [-0.15, -0.1) is 11.8 Å². The number of carbonyl (C=O) groups is 2. The molecule has 2 aliphatic rings. The molecule has 7 nitrogen and oxygen atoms in total. The van der Waals surface area contributed by atoms with E-state index in [1.54, 1.807) is 17.8 Å². The van der Waals surface area contributed by atoms with E-state index in [-0.39, 0.29) is 18.0 Å². The Morgan fingerprint density at radius 2 is 1.65 bits per heavy atom. The molecule has 0 spiro atoms. The maximum Gasteiger partial charge on any atom is 0.323 e. The van der Waals surface area contributed by atoms with E-state index in [2.05, 4.69) is 51.2 Å². The molecule has 0 unspecified atom stereocenters. The molecular weight excluding hydrogens is 520 g/mol. The van der Waals surface area contributed by atoms with Gasteiger partial charge >= 0.3 is 6.03 Å². The van der Waals surface area contributed by atoms with Crippen LogP contribution in [-0.2, 0) is 11.2 Å². The molecule has 3 amide bonds. The van der Waals surface area contributed by atoms with Crippen molar-refractivity contribution in [2.24, 2.45) is 5.92 Å². The first-order chi connectivity index (χ1) is 19.6. The molecule has 1 atom stereocenters. The van der Waals surface area contributed by atoms with Crippen LogP contribution in [0, 0.1) is 5.92 Å². The summed E-state index contributed by atoms with van der Waals surface area (Å²) in [5, 5.41) is 8.84. The van der Waals surface area contributed by atoms with Gasteiger partial charge in [0.2, 0.25) is 0 Å². The van der Waals surface area contributed by atoms with Crippen molar-refractivity contribution < 1.29 is 14.3 Å². The minimum absolute atomic E-state index is 0.0608. The summed E-state index contributed by atoms with van der Waals surface area (Å²) in [5.74, 6) is 0.485. The standard InChI is InChI=1S/C32H38N4O3S/c1-40-28-12-9-25(10-13-28)34-32(38)35-26-11-14-30(29(21-26)31(37)33-22-27-8-5-19-39-27)36-17-15-24(16-18-36)20-23-6-3-2-4-7-23/h2-4,6-7,9-14,21,24,27H,5,8,15-20,22H2,1H3,(H,33,37)(H2,34,35,38)/t27-/m1/s1. The molecule has 0 radical (unpaired) electrons. The van der Waals surface area contributed by atoms with Gasteiger partial charge in [-0.25, -0.2) is 4.79 Å². The molecule has 2 aliphatic heterocycles. The Bertz CT molecular complexity index is 1270. The highest BCUT2D eigenvalue weighted by molar-refractivity contribution is 7.98. The van der Waals surface area contributed by atoms with Crippen LogP contribution in [0.4, 0.5) is 21.9 Å². The normalized spacial score (nSPS) is 17.4. The van der Waals surface area contributed by atoms with Crippen molar-refractivity contribution in [3.8, 4) is 0 Å². The number of nitrogens with one attached hydrogen (secondary N) is 3. The first-order valence-electron chi connectivity index (χ1n) is 14.1. The number of hydrogen-bond donors (Lipinski definition) is 3. The second kappa shape index (κ2) is 13.7. The van der Waals surface area contributed by atoms with Crippen LogP contribution in [0.5, 0.6) is 0 Å². The Morgan fingerprint density at radius 1 is 0.925 bits per heavy atom. The van der Waals surface area contributed by atoms with E-state index in [4.69, 9.17) is 4.74 Å². The highest BCUT2D eigenvalue weighted by atomic mass is 32.2. The quantitative estimate of drug-likeness (QED) is 0.264. The molecule has 0 bridgehead atoms. The highest BCUT2D eigenvalue weighted by Crippen LogP contribution is 2.30. The van der Waals surface area contributed by atoms with E-state index < -0.39 is 0 Å². The van der Waals surface area contributed by atoms with Gasteiger partial charge < -0.3 is 25.6 Å². The van der Waals surface area contributed by atoms with E-state index in [9.17, 15) is 9.59 Å². The van der Waals surface area contributed by atoms with Gasteiger partial charge in [0.05, 0.1) is 11.7 Å². The summed E-state index contributed by atoms with van der Waals surface area (Å²) in [4.78, 5) is 29.6. The van der Waals surface area contributed by atoms with Crippen LogP contribution in [-0.4, -0.2) is 50.5 Å². The monoisotopic (exact) mass is 558 g/mol. The lowest BCUT2D eigenvalue weighted by Gasteiger charge is -2.35. The van der Waals surface area contributed by atoms with Gasteiger partial charge in [0.1, 0.15) is 0 Å². The number of urea groups is 1. The van der Waals surface area contributed by atoms with Gasteiger partial charge in [-0.1, -0.05) is 30.3 Å². The van der Waals surface area contributed by atoms with E-state index in [0.29, 0.717) is 29.4 Å². The van der Waals surface area contributed by atoms with Crippen LogP contribution in [0.15, 0.2) is 77.7 Å². The summed E-state index contributed by atoms with van der Waals surface area (Å²) < 4.78 is 5.70. The number of carbonyl (C=O) groups excluding carboxylic acids is 2. The van der Waals surface area contributed by atoms with Gasteiger partial charge in [0, 0.05) is 48.2 Å². The van der Waals surface area contributed by atoms with Crippen molar-refractivity contribution in [2.75, 3.05) is 48.0 Å². The third kappa shape index (κ3) is 7.58. The lowest BCUT2D eigenvalue weighted by atomic mass is 9.89. The third-order valence-electron chi connectivity index (χ3n) is 7.68. The number of thioether (sulfide) groups is 1. The summed E-state index contributed by atoms with van der Waals surface area (Å²) in [7, 11) is 0. The predicted octanol–water partition coefficient (Wildman–Crippen LogP) is 6.42. The van der Waals surface area contributed by atoms with Gasteiger partial charge in [-0.05, 0) is 92.3 Å². The van der Waals surface area contributed by atoms with Crippen molar-refractivity contribution in [2.45, 2.75) is 43.1 Å². The van der Waals surface area contributed by atoms with Gasteiger partial charge in [0.15, 0.2) is 0 Å². The number of benzene rings is 3. The first kappa shape index (κ1) is 28.1. The first-order valence-corrected chi connectivity index (χ1v) is 15.3. The fourth-order valence-electron chi connectivity index (χ4n) is 5.47. The predicted molar refractivity (Wildman–Crippen MR) is 164 cm³/mol. The number of piperidine rings is 1. The molecule has 40 heavy (non-hydrogen) atoms. The molecule has 0 aromatic heterocycles. The Labute approximate surface area is 241 Å². The Balaban J connectivity index is 1.27. The van der Waals surface area contributed by atoms with E-state index in [1.165, 1.54) is 5.56 Å². The van der Waals surface area contributed by atoms with Crippen LogP contribution in [0.3, 0.4) is 0 Å². The largest absolute Gasteiger partial charge is 0.376 e. The number of ether oxygens (including phenoxy) is 1. The Kier molecular flexibility index (Phi) is 9.63. The average Bonchev–Trinajstić information content (AvgIpc) is 3.51.